The maximum Gasteiger partial charge on any atom is 0.394 e. The van der Waals surface area contributed by atoms with Gasteiger partial charge in [-0.1, -0.05) is 23.2 Å². The molecule has 0 aliphatic carbocycles. The normalized spacial score (nSPS) is 10.3. The molecule has 2 aromatic heterocycles. The molecule has 216 valence electrons. The fraction of sp³-hybridized carbons (Fsp3) is 0.182. The number of halogens is 2. The SMILES string of the molecule is CCO.CCOC(=O)c1n[nH]c(=O)c2ccc(Cl)cc12.O=C(O)c1n[nH]c(=O)c2ccc(Cl)cc12.O=S(=O)(O)O. The van der Waals surface area contributed by atoms with E-state index in [2.05, 4.69) is 20.4 Å². The van der Waals surface area contributed by atoms with Gasteiger partial charge >= 0.3 is 22.3 Å². The van der Waals surface area contributed by atoms with Gasteiger partial charge in [-0.2, -0.15) is 18.6 Å². The van der Waals surface area contributed by atoms with Gasteiger partial charge in [0.15, 0.2) is 11.4 Å². The number of aromatic nitrogens is 4. The van der Waals surface area contributed by atoms with Crippen LogP contribution in [0.4, 0.5) is 0 Å². The van der Waals surface area contributed by atoms with E-state index in [1.165, 1.54) is 24.3 Å². The quantitative estimate of drug-likeness (QED) is 0.142. The molecule has 0 unspecified atom stereocenters. The van der Waals surface area contributed by atoms with Crippen molar-refractivity contribution in [3.05, 3.63) is 78.5 Å². The highest BCUT2D eigenvalue weighted by Crippen LogP contribution is 2.20. The van der Waals surface area contributed by atoms with Crippen LogP contribution in [-0.4, -0.2) is 73.3 Å². The highest BCUT2D eigenvalue weighted by Gasteiger charge is 2.15. The molecule has 0 spiro atoms. The molecule has 0 fully saturated rings. The van der Waals surface area contributed by atoms with Crippen molar-refractivity contribution in [2.24, 2.45) is 0 Å². The standard InChI is InChI=1S/C11H9ClN2O3.C9H5ClN2O3.C2H6O.H2O4S/c1-2-17-11(16)9-8-5-6(12)3-4-7(8)10(15)14-13-9;10-4-1-2-5-6(3-4)7(9(14)15)11-12-8(5)13;1-2-3;1-5(2,3)4/h3-5H,2H2,1H3,(H,14,15);1-3H,(H,12,13)(H,14,15);3H,2H2,1H3;(H2,1,2,3,4). The first kappa shape index (κ1) is 34.1. The van der Waals surface area contributed by atoms with Crippen LogP contribution >= 0.6 is 23.2 Å². The molecule has 0 bridgehead atoms. The minimum absolute atomic E-state index is 0.0592. The number of H-pyrrole nitrogens is 2. The number of aliphatic hydroxyl groups is 1. The largest absolute Gasteiger partial charge is 0.476 e. The van der Waals surface area contributed by atoms with Crippen molar-refractivity contribution in [3.8, 4) is 0 Å². The topological polar surface area (TPSA) is 250 Å². The minimum atomic E-state index is -4.67. The van der Waals surface area contributed by atoms with E-state index in [0.717, 1.165) is 0 Å². The number of nitrogens with one attached hydrogen (secondary N) is 2. The summed E-state index contributed by atoms with van der Waals surface area (Å²) >= 11 is 11.5. The molecule has 4 rings (SSSR count). The molecular weight excluding hydrogens is 599 g/mol. The van der Waals surface area contributed by atoms with Gasteiger partial charge in [0.25, 0.3) is 11.1 Å². The van der Waals surface area contributed by atoms with E-state index in [9.17, 15) is 19.2 Å². The van der Waals surface area contributed by atoms with Crippen molar-refractivity contribution in [1.82, 2.24) is 20.4 Å². The zero-order chi connectivity index (χ0) is 30.6. The molecule has 0 saturated carbocycles. The number of carbonyl (C=O) groups excluding carboxylic acids is 1. The van der Waals surface area contributed by atoms with Gasteiger partial charge in [0.2, 0.25) is 0 Å². The Hall–Kier alpha value is -3.93. The Morgan fingerprint density at radius 1 is 0.850 bits per heavy atom. The fourth-order valence-corrected chi connectivity index (χ4v) is 3.14. The number of carboxylic acid groups (broad SMARTS) is 1. The van der Waals surface area contributed by atoms with Crippen LogP contribution in [-0.2, 0) is 15.1 Å². The van der Waals surface area contributed by atoms with Crippen LogP contribution in [0, 0.1) is 0 Å². The highest BCUT2D eigenvalue weighted by molar-refractivity contribution is 7.79. The second-order valence-electron chi connectivity index (χ2n) is 6.97. The van der Waals surface area contributed by atoms with E-state index in [-0.39, 0.29) is 40.9 Å². The molecule has 2 heterocycles. The summed E-state index contributed by atoms with van der Waals surface area (Å²) in [5.74, 6) is -1.80. The number of benzene rings is 2. The van der Waals surface area contributed by atoms with Gasteiger partial charge in [0, 0.05) is 27.4 Å². The Morgan fingerprint density at radius 3 is 1.60 bits per heavy atom. The van der Waals surface area contributed by atoms with E-state index in [0.29, 0.717) is 20.8 Å². The maximum absolute atomic E-state index is 11.6. The molecule has 15 nitrogen and oxygen atoms in total. The predicted octanol–water partition coefficient (Wildman–Crippen LogP) is 2.37. The van der Waals surface area contributed by atoms with Gasteiger partial charge in [0.1, 0.15) is 0 Å². The molecule has 2 aromatic carbocycles. The zero-order valence-corrected chi connectivity index (χ0v) is 22.9. The lowest BCUT2D eigenvalue weighted by Crippen LogP contribution is -2.16. The van der Waals surface area contributed by atoms with Crippen molar-refractivity contribution in [2.45, 2.75) is 13.8 Å². The summed E-state index contributed by atoms with van der Waals surface area (Å²) in [7, 11) is -4.67. The summed E-state index contributed by atoms with van der Waals surface area (Å²) in [6.45, 7) is 3.86. The van der Waals surface area contributed by atoms with E-state index >= 15 is 0 Å². The summed E-state index contributed by atoms with van der Waals surface area (Å²) in [6, 6.07) is 9.03. The molecule has 4 aromatic rings. The van der Waals surface area contributed by atoms with Crippen molar-refractivity contribution < 1.29 is 42.1 Å². The molecule has 0 saturated heterocycles. The Kier molecular flexibility index (Phi) is 13.3. The second-order valence-corrected chi connectivity index (χ2v) is 8.74. The molecule has 0 aliphatic heterocycles. The first-order chi connectivity index (χ1) is 18.6. The van der Waals surface area contributed by atoms with Gasteiger partial charge in [-0.3, -0.25) is 18.7 Å². The number of aromatic amines is 2. The van der Waals surface area contributed by atoms with E-state index in [4.69, 9.17) is 55.7 Å². The van der Waals surface area contributed by atoms with Gasteiger partial charge in [-0.05, 0) is 50.2 Å². The fourth-order valence-electron chi connectivity index (χ4n) is 2.79. The molecule has 6 N–H and O–H groups in total. The monoisotopic (exact) mass is 620 g/mol. The molecule has 0 atom stereocenters. The lowest BCUT2D eigenvalue weighted by atomic mass is 10.1. The van der Waals surface area contributed by atoms with Crippen molar-refractivity contribution in [2.75, 3.05) is 13.2 Å². The molecular formula is C22H22Cl2N4O11S. The summed E-state index contributed by atoms with van der Waals surface area (Å²) in [5.41, 5.74) is -0.965. The van der Waals surface area contributed by atoms with Crippen LogP contribution in [0.3, 0.4) is 0 Å². The third-order valence-corrected chi connectivity index (χ3v) is 4.64. The molecule has 18 heteroatoms. The molecule has 0 amide bonds. The maximum atomic E-state index is 11.6. The smallest absolute Gasteiger partial charge is 0.394 e. The second kappa shape index (κ2) is 15.6. The van der Waals surface area contributed by atoms with E-state index in [1.54, 1.807) is 26.0 Å². The van der Waals surface area contributed by atoms with Gasteiger partial charge < -0.3 is 14.9 Å². The Bertz CT molecular complexity index is 1720. The summed E-state index contributed by atoms with van der Waals surface area (Å²) in [4.78, 5) is 45.3. The van der Waals surface area contributed by atoms with Crippen LogP contribution in [0.15, 0.2) is 46.0 Å². The number of hydrogen-bond acceptors (Lipinski definition) is 10. The molecule has 0 aliphatic rings. The highest BCUT2D eigenvalue weighted by atomic mass is 35.5. The van der Waals surface area contributed by atoms with Crippen LogP contribution < -0.4 is 11.1 Å². The summed E-state index contributed by atoms with van der Waals surface area (Å²) < 4.78 is 36.4. The van der Waals surface area contributed by atoms with Gasteiger partial charge in [0.05, 0.1) is 17.4 Å². The van der Waals surface area contributed by atoms with Crippen molar-refractivity contribution >= 4 is 67.1 Å². The minimum Gasteiger partial charge on any atom is -0.476 e. The first-order valence-corrected chi connectivity index (χ1v) is 12.9. The molecule has 0 radical (unpaired) electrons. The Morgan fingerprint density at radius 2 is 1.23 bits per heavy atom. The van der Waals surface area contributed by atoms with Crippen LogP contribution in [0.1, 0.15) is 34.8 Å². The average molecular weight is 621 g/mol. The number of ether oxygens (including phenoxy) is 1. The van der Waals surface area contributed by atoms with E-state index < -0.39 is 27.9 Å². The third kappa shape index (κ3) is 10.7. The Balaban J connectivity index is 0.000000318. The van der Waals surface area contributed by atoms with Crippen LogP contribution in [0.5, 0.6) is 0 Å². The van der Waals surface area contributed by atoms with Crippen molar-refractivity contribution in [1.29, 1.82) is 0 Å². The van der Waals surface area contributed by atoms with Gasteiger partial charge in [-0.25, -0.2) is 19.8 Å². The van der Waals surface area contributed by atoms with Gasteiger partial charge in [-0.15, -0.1) is 0 Å². The number of fused-ring (bicyclic) bond motifs is 2. The number of aliphatic hydroxyl groups excluding tert-OH is 1. The summed E-state index contributed by atoms with van der Waals surface area (Å²) in [6.07, 6.45) is 0. The number of rotatable bonds is 3. The number of carbonyl (C=O) groups is 2. The predicted molar refractivity (Wildman–Crippen MR) is 145 cm³/mol. The number of esters is 1. The average Bonchev–Trinajstić information content (AvgIpc) is 2.84. The lowest BCUT2D eigenvalue weighted by Gasteiger charge is -2.04. The zero-order valence-electron chi connectivity index (χ0n) is 20.6. The van der Waals surface area contributed by atoms with Crippen molar-refractivity contribution in [3.63, 3.8) is 0 Å². The van der Waals surface area contributed by atoms with Crippen LogP contribution in [0.2, 0.25) is 10.0 Å². The first-order valence-electron chi connectivity index (χ1n) is 10.7. The number of hydrogen-bond donors (Lipinski definition) is 6. The number of nitrogens with zero attached hydrogens (tertiary/aromatic N) is 2. The molecule has 40 heavy (non-hydrogen) atoms. The number of aromatic carboxylic acids is 1. The Labute approximate surface area is 234 Å². The lowest BCUT2D eigenvalue weighted by molar-refractivity contribution is 0.0520. The third-order valence-electron chi connectivity index (χ3n) is 4.17. The summed E-state index contributed by atoms with van der Waals surface area (Å²) in [5, 5.41) is 29.9. The van der Waals surface area contributed by atoms with Crippen LogP contribution in [0.25, 0.3) is 21.5 Å². The van der Waals surface area contributed by atoms with E-state index in [1.807, 2.05) is 0 Å². The number of carboxylic acids is 1.